The Balaban J connectivity index is 1.67. The zero-order chi connectivity index (χ0) is 20.8. The average Bonchev–Trinajstić information content (AvgIpc) is 3.22. The molecule has 1 amide bonds. The summed E-state index contributed by atoms with van der Waals surface area (Å²) in [4.78, 5) is 17.1. The Kier molecular flexibility index (Phi) is 5.85. The van der Waals surface area contributed by atoms with E-state index in [0.717, 1.165) is 16.7 Å². The number of aromatic nitrogens is 3. The van der Waals surface area contributed by atoms with Crippen LogP contribution in [-0.4, -0.2) is 27.8 Å². The van der Waals surface area contributed by atoms with E-state index in [1.165, 1.54) is 0 Å². The molecule has 0 spiro atoms. The van der Waals surface area contributed by atoms with Gasteiger partial charge in [-0.25, -0.2) is 0 Å². The summed E-state index contributed by atoms with van der Waals surface area (Å²) in [5.41, 5.74) is 3.90. The van der Waals surface area contributed by atoms with Crippen LogP contribution in [0.1, 0.15) is 21.5 Å². The molecule has 0 aliphatic carbocycles. The van der Waals surface area contributed by atoms with E-state index >= 15 is 0 Å². The highest BCUT2D eigenvalue weighted by atomic mass is 16.5. The van der Waals surface area contributed by atoms with E-state index in [2.05, 4.69) is 10.3 Å². The van der Waals surface area contributed by atoms with E-state index in [1.807, 2.05) is 66.7 Å². The molecular weight excluding hydrogens is 376 g/mol. The van der Waals surface area contributed by atoms with Crippen molar-refractivity contribution in [2.75, 3.05) is 7.11 Å². The van der Waals surface area contributed by atoms with Crippen LogP contribution in [0.2, 0.25) is 0 Å². The molecule has 150 valence electrons. The number of ether oxygens (including phenoxy) is 1. The van der Waals surface area contributed by atoms with Gasteiger partial charge in [0.25, 0.3) is 5.91 Å². The van der Waals surface area contributed by atoms with Gasteiger partial charge in [-0.1, -0.05) is 48.5 Å². The van der Waals surface area contributed by atoms with Crippen LogP contribution < -0.4 is 10.1 Å². The van der Waals surface area contributed by atoms with Crippen LogP contribution in [-0.2, 0) is 13.1 Å². The number of hydrogen-bond acceptors (Lipinski definition) is 4. The molecule has 0 saturated carbocycles. The first-order valence-electron chi connectivity index (χ1n) is 9.66. The lowest BCUT2D eigenvalue weighted by Gasteiger charge is -2.08. The topological polar surface area (TPSA) is 69.0 Å². The Morgan fingerprint density at radius 1 is 1.00 bits per heavy atom. The fraction of sp³-hybridized carbons (Fsp3) is 0.125. The fourth-order valence-electron chi connectivity index (χ4n) is 3.26. The quantitative estimate of drug-likeness (QED) is 0.512. The summed E-state index contributed by atoms with van der Waals surface area (Å²) in [5.74, 6) is 0.475. The molecule has 0 bridgehead atoms. The van der Waals surface area contributed by atoms with Crippen molar-refractivity contribution >= 4 is 5.91 Å². The molecule has 2 heterocycles. The third-order valence-corrected chi connectivity index (χ3v) is 4.73. The summed E-state index contributed by atoms with van der Waals surface area (Å²) < 4.78 is 7.29. The molecule has 4 aromatic rings. The Morgan fingerprint density at radius 2 is 1.77 bits per heavy atom. The van der Waals surface area contributed by atoms with Gasteiger partial charge in [-0.3, -0.25) is 14.5 Å². The number of hydrogen-bond donors (Lipinski definition) is 1. The number of carbonyl (C=O) groups is 1. The summed E-state index contributed by atoms with van der Waals surface area (Å²) in [5, 5.41) is 7.69. The van der Waals surface area contributed by atoms with Crippen LogP contribution in [0.25, 0.3) is 11.3 Å². The van der Waals surface area contributed by atoms with Crippen molar-refractivity contribution < 1.29 is 9.53 Å². The van der Waals surface area contributed by atoms with Crippen molar-refractivity contribution in [2.24, 2.45) is 0 Å². The minimum atomic E-state index is -0.195. The molecule has 0 fully saturated rings. The molecule has 6 heteroatoms. The second kappa shape index (κ2) is 9.05. The number of para-hydroxylation sites is 1. The maximum absolute atomic E-state index is 13.1. The van der Waals surface area contributed by atoms with Gasteiger partial charge in [0, 0.05) is 30.7 Å². The number of methoxy groups -OCH3 is 1. The number of benzene rings is 2. The molecule has 0 aliphatic heterocycles. The normalized spacial score (nSPS) is 10.6. The second-order valence-corrected chi connectivity index (χ2v) is 6.82. The first-order valence-corrected chi connectivity index (χ1v) is 9.66. The van der Waals surface area contributed by atoms with Crippen LogP contribution in [0.4, 0.5) is 0 Å². The number of amides is 1. The fourth-order valence-corrected chi connectivity index (χ4v) is 3.26. The lowest BCUT2D eigenvalue weighted by Crippen LogP contribution is -2.23. The molecule has 2 aromatic carbocycles. The lowest BCUT2D eigenvalue weighted by atomic mass is 10.1. The van der Waals surface area contributed by atoms with Crippen LogP contribution in [0.15, 0.2) is 85.3 Å². The van der Waals surface area contributed by atoms with E-state index in [1.54, 1.807) is 30.4 Å². The van der Waals surface area contributed by atoms with Gasteiger partial charge in [0.2, 0.25) is 0 Å². The first kappa shape index (κ1) is 19.4. The minimum Gasteiger partial charge on any atom is -0.496 e. The van der Waals surface area contributed by atoms with Gasteiger partial charge in [-0.05, 0) is 29.3 Å². The summed E-state index contributed by atoms with van der Waals surface area (Å²) in [6.45, 7) is 0.959. The third kappa shape index (κ3) is 4.38. The summed E-state index contributed by atoms with van der Waals surface area (Å²) in [7, 11) is 1.61. The highest BCUT2D eigenvalue weighted by Gasteiger charge is 2.20. The van der Waals surface area contributed by atoms with Gasteiger partial charge in [-0.2, -0.15) is 5.10 Å². The van der Waals surface area contributed by atoms with E-state index in [4.69, 9.17) is 9.84 Å². The molecule has 0 saturated heterocycles. The predicted molar refractivity (Wildman–Crippen MR) is 115 cm³/mol. The van der Waals surface area contributed by atoms with Crippen molar-refractivity contribution in [2.45, 2.75) is 13.1 Å². The maximum Gasteiger partial charge on any atom is 0.255 e. The van der Waals surface area contributed by atoms with E-state index < -0.39 is 0 Å². The van der Waals surface area contributed by atoms with Crippen LogP contribution in [0, 0.1) is 0 Å². The molecule has 0 atom stereocenters. The zero-order valence-corrected chi connectivity index (χ0v) is 16.7. The summed E-state index contributed by atoms with van der Waals surface area (Å²) in [6, 6.07) is 21.4. The van der Waals surface area contributed by atoms with Crippen molar-refractivity contribution in [1.82, 2.24) is 20.1 Å². The van der Waals surface area contributed by atoms with E-state index in [9.17, 15) is 4.79 Å². The summed E-state index contributed by atoms with van der Waals surface area (Å²) in [6.07, 6.45) is 5.23. The maximum atomic E-state index is 13.1. The Morgan fingerprint density at radius 3 is 2.53 bits per heavy atom. The Bertz CT molecular complexity index is 1120. The van der Waals surface area contributed by atoms with Crippen molar-refractivity contribution in [3.8, 4) is 17.0 Å². The molecule has 2 aromatic heterocycles. The SMILES string of the molecule is COc1ccccc1-c1nn(Cc2ccccc2)cc1C(=O)NCc1cccnc1. The lowest BCUT2D eigenvalue weighted by molar-refractivity contribution is 0.0951. The number of nitrogens with zero attached hydrogens (tertiary/aromatic N) is 3. The molecule has 4 rings (SSSR count). The zero-order valence-electron chi connectivity index (χ0n) is 16.7. The largest absolute Gasteiger partial charge is 0.496 e. The van der Waals surface area contributed by atoms with Gasteiger partial charge < -0.3 is 10.1 Å². The molecule has 30 heavy (non-hydrogen) atoms. The van der Waals surface area contributed by atoms with Crippen LogP contribution in [0.5, 0.6) is 5.75 Å². The third-order valence-electron chi connectivity index (χ3n) is 4.73. The molecule has 1 N–H and O–H groups in total. The molecule has 0 unspecified atom stereocenters. The van der Waals surface area contributed by atoms with Crippen LogP contribution >= 0.6 is 0 Å². The highest BCUT2D eigenvalue weighted by Crippen LogP contribution is 2.31. The van der Waals surface area contributed by atoms with Gasteiger partial charge >= 0.3 is 0 Å². The number of nitrogens with one attached hydrogen (secondary N) is 1. The number of carbonyl (C=O) groups excluding carboxylic acids is 1. The molecule has 6 nitrogen and oxygen atoms in total. The molecule has 0 aliphatic rings. The standard InChI is InChI=1S/C24H22N4O2/c1-30-22-12-6-5-11-20(22)23-21(24(29)26-15-19-10-7-13-25-14-19)17-28(27-23)16-18-8-3-2-4-9-18/h2-14,17H,15-16H2,1H3,(H,26,29). The van der Waals surface area contributed by atoms with Gasteiger partial charge in [-0.15, -0.1) is 0 Å². The van der Waals surface area contributed by atoms with Crippen LogP contribution in [0.3, 0.4) is 0 Å². The van der Waals surface area contributed by atoms with E-state index in [0.29, 0.717) is 30.1 Å². The minimum absolute atomic E-state index is 0.195. The Hall–Kier alpha value is -3.93. The predicted octanol–water partition coefficient (Wildman–Crippen LogP) is 3.93. The van der Waals surface area contributed by atoms with E-state index in [-0.39, 0.29) is 5.91 Å². The van der Waals surface area contributed by atoms with Gasteiger partial charge in [0.1, 0.15) is 11.4 Å². The monoisotopic (exact) mass is 398 g/mol. The second-order valence-electron chi connectivity index (χ2n) is 6.82. The highest BCUT2D eigenvalue weighted by molar-refractivity contribution is 6.00. The smallest absolute Gasteiger partial charge is 0.255 e. The number of pyridine rings is 1. The van der Waals surface area contributed by atoms with Gasteiger partial charge in [0.05, 0.1) is 19.2 Å². The number of rotatable bonds is 7. The van der Waals surface area contributed by atoms with Gasteiger partial charge in [0.15, 0.2) is 0 Å². The average molecular weight is 398 g/mol. The van der Waals surface area contributed by atoms with Crippen molar-refractivity contribution in [1.29, 1.82) is 0 Å². The molecule has 0 radical (unpaired) electrons. The summed E-state index contributed by atoms with van der Waals surface area (Å²) >= 11 is 0. The molecular formula is C24H22N4O2. The Labute approximate surface area is 175 Å². The first-order chi connectivity index (χ1) is 14.7. The van der Waals surface area contributed by atoms with Crippen molar-refractivity contribution in [3.05, 3.63) is 102 Å². The van der Waals surface area contributed by atoms with Crippen molar-refractivity contribution in [3.63, 3.8) is 0 Å².